The molecule has 0 saturated heterocycles. The van der Waals surface area contributed by atoms with Crippen molar-refractivity contribution in [1.82, 2.24) is 4.98 Å². The van der Waals surface area contributed by atoms with Crippen molar-refractivity contribution in [2.24, 2.45) is 0 Å². The Morgan fingerprint density at radius 2 is 2.18 bits per heavy atom. The minimum atomic E-state index is 0.717. The van der Waals surface area contributed by atoms with E-state index in [9.17, 15) is 0 Å². The second-order valence-corrected chi connectivity index (χ2v) is 5.10. The summed E-state index contributed by atoms with van der Waals surface area (Å²) in [5, 5.41) is 4.03. The number of aromatic nitrogens is 1. The van der Waals surface area contributed by atoms with Gasteiger partial charge in [-0.25, -0.2) is 0 Å². The molecule has 1 N–H and O–H groups in total. The van der Waals surface area contributed by atoms with E-state index in [4.69, 9.17) is 11.6 Å². The lowest BCUT2D eigenvalue weighted by Gasteiger charge is -2.10. The van der Waals surface area contributed by atoms with Gasteiger partial charge in [-0.2, -0.15) is 0 Å². The van der Waals surface area contributed by atoms with E-state index in [-0.39, 0.29) is 0 Å². The summed E-state index contributed by atoms with van der Waals surface area (Å²) >= 11 is 9.53. The maximum Gasteiger partial charge on any atom is 0.0638 e. The van der Waals surface area contributed by atoms with Gasteiger partial charge in [0.05, 0.1) is 10.7 Å². The molecule has 17 heavy (non-hydrogen) atoms. The Labute approximate surface area is 114 Å². The molecule has 1 aromatic carbocycles. The molecule has 1 heterocycles. The summed E-state index contributed by atoms with van der Waals surface area (Å²) in [6.45, 7) is 2.79. The van der Waals surface area contributed by atoms with E-state index in [0.29, 0.717) is 0 Å². The fraction of sp³-hybridized carbons (Fsp3) is 0.154. The van der Waals surface area contributed by atoms with Gasteiger partial charge in [0, 0.05) is 23.4 Å². The highest BCUT2D eigenvalue weighted by molar-refractivity contribution is 9.10. The van der Waals surface area contributed by atoms with Gasteiger partial charge in [-0.15, -0.1) is 0 Å². The van der Waals surface area contributed by atoms with Crippen LogP contribution in [0.15, 0.2) is 41.1 Å². The molecule has 2 rings (SSSR count). The van der Waals surface area contributed by atoms with Crippen LogP contribution in [0.3, 0.4) is 0 Å². The lowest BCUT2D eigenvalue weighted by molar-refractivity contribution is 1.08. The largest absolute Gasteiger partial charge is 0.380 e. The zero-order chi connectivity index (χ0) is 12.3. The third-order valence-corrected chi connectivity index (χ3v) is 3.37. The topological polar surface area (TPSA) is 24.9 Å². The Balaban J connectivity index is 2.12. The number of hydrogen-bond acceptors (Lipinski definition) is 2. The minimum Gasteiger partial charge on any atom is -0.380 e. The zero-order valence-electron chi connectivity index (χ0n) is 9.37. The molecule has 2 aromatic rings. The summed E-state index contributed by atoms with van der Waals surface area (Å²) in [6, 6.07) is 7.75. The van der Waals surface area contributed by atoms with E-state index in [2.05, 4.69) is 33.2 Å². The van der Waals surface area contributed by atoms with E-state index in [1.165, 1.54) is 11.1 Å². The highest BCUT2D eigenvalue weighted by Crippen LogP contribution is 2.26. The van der Waals surface area contributed by atoms with Crippen LogP contribution in [0.4, 0.5) is 5.69 Å². The standard InChI is InChI=1S/C13H12BrClN2/c1-9-4-5-16-7-10(9)8-17-13-6-11(14)2-3-12(13)15/h2-7,17H,8H2,1H3. The van der Waals surface area contributed by atoms with Crippen LogP contribution in [0, 0.1) is 6.92 Å². The molecule has 0 aliphatic carbocycles. The number of aryl methyl sites for hydroxylation is 1. The fourth-order valence-electron chi connectivity index (χ4n) is 1.51. The summed E-state index contributed by atoms with van der Waals surface area (Å²) in [5.74, 6) is 0. The number of anilines is 1. The Kier molecular flexibility index (Phi) is 4.02. The van der Waals surface area contributed by atoms with Crippen molar-refractivity contribution in [1.29, 1.82) is 0 Å². The number of benzene rings is 1. The smallest absolute Gasteiger partial charge is 0.0638 e. The van der Waals surface area contributed by atoms with Crippen molar-refractivity contribution in [3.8, 4) is 0 Å². The van der Waals surface area contributed by atoms with Crippen molar-refractivity contribution in [2.75, 3.05) is 5.32 Å². The third-order valence-electron chi connectivity index (χ3n) is 2.55. The average Bonchev–Trinajstić information content (AvgIpc) is 2.32. The van der Waals surface area contributed by atoms with Crippen LogP contribution < -0.4 is 5.32 Å². The minimum absolute atomic E-state index is 0.717. The predicted octanol–water partition coefficient (Wildman–Crippen LogP) is 4.42. The first-order chi connectivity index (χ1) is 8.16. The molecule has 2 nitrogen and oxygen atoms in total. The molecular weight excluding hydrogens is 300 g/mol. The first-order valence-electron chi connectivity index (χ1n) is 5.25. The normalized spacial score (nSPS) is 10.3. The van der Waals surface area contributed by atoms with Gasteiger partial charge >= 0.3 is 0 Å². The number of hydrogen-bond donors (Lipinski definition) is 1. The second-order valence-electron chi connectivity index (χ2n) is 3.78. The molecule has 0 radical (unpaired) electrons. The van der Waals surface area contributed by atoms with Crippen molar-refractivity contribution >= 4 is 33.2 Å². The highest BCUT2D eigenvalue weighted by atomic mass is 79.9. The first kappa shape index (κ1) is 12.4. The predicted molar refractivity (Wildman–Crippen MR) is 75.5 cm³/mol. The lowest BCUT2D eigenvalue weighted by atomic mass is 10.1. The average molecular weight is 312 g/mol. The Bertz CT molecular complexity index is 529. The van der Waals surface area contributed by atoms with Crippen LogP contribution in [0.25, 0.3) is 0 Å². The van der Waals surface area contributed by atoms with Gasteiger partial charge in [-0.1, -0.05) is 27.5 Å². The summed E-state index contributed by atoms with van der Waals surface area (Å²) in [5.41, 5.74) is 3.31. The second kappa shape index (κ2) is 5.52. The van der Waals surface area contributed by atoms with Crippen molar-refractivity contribution < 1.29 is 0 Å². The van der Waals surface area contributed by atoms with Gasteiger partial charge in [0.15, 0.2) is 0 Å². The number of halogens is 2. The van der Waals surface area contributed by atoms with Crippen LogP contribution in [0.2, 0.25) is 5.02 Å². The van der Waals surface area contributed by atoms with Gasteiger partial charge < -0.3 is 5.32 Å². The van der Waals surface area contributed by atoms with E-state index in [0.717, 1.165) is 21.7 Å². The molecule has 0 atom stereocenters. The van der Waals surface area contributed by atoms with E-state index in [1.807, 2.05) is 30.5 Å². The van der Waals surface area contributed by atoms with Gasteiger partial charge in [0.25, 0.3) is 0 Å². The van der Waals surface area contributed by atoms with Crippen LogP contribution in [-0.4, -0.2) is 4.98 Å². The molecule has 4 heteroatoms. The Morgan fingerprint density at radius 3 is 2.94 bits per heavy atom. The van der Waals surface area contributed by atoms with E-state index >= 15 is 0 Å². The maximum atomic E-state index is 6.10. The van der Waals surface area contributed by atoms with Crippen molar-refractivity contribution in [2.45, 2.75) is 13.5 Å². The molecule has 0 amide bonds. The zero-order valence-corrected chi connectivity index (χ0v) is 11.7. The van der Waals surface area contributed by atoms with Crippen LogP contribution in [-0.2, 0) is 6.54 Å². The number of pyridine rings is 1. The summed E-state index contributed by atoms with van der Waals surface area (Å²) in [6.07, 6.45) is 3.67. The molecule has 0 aliphatic rings. The maximum absolute atomic E-state index is 6.10. The lowest BCUT2D eigenvalue weighted by Crippen LogP contribution is -2.02. The van der Waals surface area contributed by atoms with Crippen molar-refractivity contribution in [3.05, 3.63) is 57.3 Å². The summed E-state index contributed by atoms with van der Waals surface area (Å²) in [7, 11) is 0. The number of nitrogens with one attached hydrogen (secondary N) is 1. The van der Waals surface area contributed by atoms with E-state index in [1.54, 1.807) is 6.20 Å². The highest BCUT2D eigenvalue weighted by Gasteiger charge is 2.02. The van der Waals surface area contributed by atoms with Gasteiger partial charge in [0.2, 0.25) is 0 Å². The van der Waals surface area contributed by atoms with E-state index < -0.39 is 0 Å². The van der Waals surface area contributed by atoms with Gasteiger partial charge in [-0.3, -0.25) is 4.98 Å². The fourth-order valence-corrected chi connectivity index (χ4v) is 2.05. The number of nitrogens with zero attached hydrogens (tertiary/aromatic N) is 1. The summed E-state index contributed by atoms with van der Waals surface area (Å²) < 4.78 is 1.01. The Morgan fingerprint density at radius 1 is 1.35 bits per heavy atom. The molecule has 1 aromatic heterocycles. The third kappa shape index (κ3) is 3.20. The van der Waals surface area contributed by atoms with Crippen LogP contribution in [0.5, 0.6) is 0 Å². The number of rotatable bonds is 3. The van der Waals surface area contributed by atoms with Crippen molar-refractivity contribution in [3.63, 3.8) is 0 Å². The molecule has 0 aliphatic heterocycles. The molecule has 88 valence electrons. The molecule has 0 fully saturated rings. The Hall–Kier alpha value is -1.06. The molecule has 0 unspecified atom stereocenters. The molecule has 0 bridgehead atoms. The van der Waals surface area contributed by atoms with Crippen LogP contribution in [0.1, 0.15) is 11.1 Å². The monoisotopic (exact) mass is 310 g/mol. The molecule has 0 saturated carbocycles. The van der Waals surface area contributed by atoms with Gasteiger partial charge in [-0.05, 0) is 42.3 Å². The SMILES string of the molecule is Cc1ccncc1CNc1cc(Br)ccc1Cl. The van der Waals surface area contributed by atoms with Gasteiger partial charge in [0.1, 0.15) is 0 Å². The van der Waals surface area contributed by atoms with Crippen LogP contribution >= 0.6 is 27.5 Å². The quantitative estimate of drug-likeness (QED) is 0.907. The summed E-state index contributed by atoms with van der Waals surface area (Å²) in [4.78, 5) is 4.12. The first-order valence-corrected chi connectivity index (χ1v) is 6.42. The molecular formula is C13H12BrClN2. The molecule has 0 spiro atoms.